The van der Waals surface area contributed by atoms with Gasteiger partial charge in [0.05, 0.1) is 33.5 Å². The molecule has 3 aromatic rings. The quantitative estimate of drug-likeness (QED) is 0.507. The summed E-state index contributed by atoms with van der Waals surface area (Å²) < 4.78 is 29.1. The van der Waals surface area contributed by atoms with E-state index in [9.17, 15) is 28.8 Å². The van der Waals surface area contributed by atoms with Crippen LogP contribution in [-0.2, 0) is 7.05 Å². The number of hydrogen-bond acceptors (Lipinski definition) is 6. The number of rotatable bonds is 3. The summed E-state index contributed by atoms with van der Waals surface area (Å²) in [5.74, 6) is -2.90. The van der Waals surface area contributed by atoms with Crippen LogP contribution in [-0.4, -0.2) is 25.8 Å². The van der Waals surface area contributed by atoms with Crippen LogP contribution in [0.4, 0.5) is 31.7 Å². The van der Waals surface area contributed by atoms with Gasteiger partial charge >= 0.3 is 5.97 Å². The molecule has 1 aromatic heterocycles. The number of aromatic carboxylic acids is 1. The molecule has 1 aliphatic heterocycles. The van der Waals surface area contributed by atoms with Crippen LogP contribution in [0.1, 0.15) is 16.1 Å². The number of nitrogens with zero attached hydrogens (tertiary/aromatic N) is 4. The van der Waals surface area contributed by atoms with Gasteiger partial charge in [-0.05, 0) is 31.2 Å². The molecule has 0 radical (unpaired) electrons. The summed E-state index contributed by atoms with van der Waals surface area (Å²) in [6.07, 6.45) is 0. The van der Waals surface area contributed by atoms with E-state index in [1.165, 1.54) is 22.9 Å². The number of halogens is 2. The molecule has 2 heterocycles. The Bertz CT molecular complexity index is 1170. The van der Waals surface area contributed by atoms with E-state index in [2.05, 4.69) is 10.5 Å². The number of nitrogens with one attached hydrogen (secondary N) is 1. The molecule has 0 saturated carbocycles. The Balaban J connectivity index is 2.08. The number of carboxylic acid groups (broad SMARTS) is 1. The second-order valence-corrected chi connectivity index (χ2v) is 6.43. The largest absolute Gasteiger partial charge is 0.478 e. The molecule has 148 valence electrons. The van der Waals surface area contributed by atoms with Gasteiger partial charge in [-0.15, -0.1) is 0 Å². The number of fused-ring (bicyclic) bond motifs is 3. The van der Waals surface area contributed by atoms with Crippen molar-refractivity contribution in [3.8, 4) is 11.1 Å². The number of anilines is 3. The van der Waals surface area contributed by atoms with E-state index in [4.69, 9.17) is 0 Å². The van der Waals surface area contributed by atoms with Gasteiger partial charge in [-0.1, -0.05) is 0 Å². The minimum Gasteiger partial charge on any atom is -0.478 e. The normalized spacial score (nSPS) is 12.2. The van der Waals surface area contributed by atoms with Crippen molar-refractivity contribution in [1.29, 1.82) is 0 Å². The highest BCUT2D eigenvalue weighted by Crippen LogP contribution is 2.48. The molecule has 9 nitrogen and oxygen atoms in total. The van der Waals surface area contributed by atoms with E-state index < -0.39 is 39.5 Å². The molecule has 0 amide bonds. The third kappa shape index (κ3) is 2.74. The number of hydrogen-bond donors (Lipinski definition) is 2. The van der Waals surface area contributed by atoms with Gasteiger partial charge in [0.15, 0.2) is 11.5 Å². The lowest BCUT2D eigenvalue weighted by Gasteiger charge is -2.32. The highest BCUT2D eigenvalue weighted by Gasteiger charge is 2.36. The van der Waals surface area contributed by atoms with Crippen LogP contribution in [0.5, 0.6) is 0 Å². The highest BCUT2D eigenvalue weighted by atomic mass is 19.1. The Labute approximate surface area is 161 Å². The fourth-order valence-corrected chi connectivity index (χ4v) is 3.50. The van der Waals surface area contributed by atoms with Crippen LogP contribution in [0, 0.1) is 28.7 Å². The Kier molecular flexibility index (Phi) is 3.96. The molecule has 11 heteroatoms. The van der Waals surface area contributed by atoms with E-state index in [0.29, 0.717) is 34.8 Å². The number of nitro benzene ring substituents is 1. The lowest BCUT2D eigenvalue weighted by atomic mass is 10.0. The molecular formula is C18H13F2N5O4. The van der Waals surface area contributed by atoms with Crippen molar-refractivity contribution >= 4 is 28.8 Å². The fraction of sp³-hybridized carbons (Fsp3) is 0.111. The van der Waals surface area contributed by atoms with Crippen LogP contribution >= 0.6 is 0 Å². The first kappa shape index (κ1) is 18.3. The van der Waals surface area contributed by atoms with E-state index in [-0.39, 0.29) is 5.69 Å². The third-order valence-corrected chi connectivity index (χ3v) is 4.59. The summed E-state index contributed by atoms with van der Waals surface area (Å²) in [4.78, 5) is 22.5. The zero-order chi connectivity index (χ0) is 21.0. The monoisotopic (exact) mass is 401 g/mol. The predicted octanol–water partition coefficient (Wildman–Crippen LogP) is 3.76. The first-order chi connectivity index (χ1) is 13.7. The van der Waals surface area contributed by atoms with Gasteiger partial charge in [-0.25, -0.2) is 18.6 Å². The van der Waals surface area contributed by atoms with Crippen molar-refractivity contribution in [2.45, 2.75) is 6.92 Å². The van der Waals surface area contributed by atoms with E-state index in [0.717, 1.165) is 5.01 Å². The summed E-state index contributed by atoms with van der Waals surface area (Å²) in [5, 5.41) is 26.6. The summed E-state index contributed by atoms with van der Waals surface area (Å²) in [6, 6.07) is 5.28. The second-order valence-electron chi connectivity index (χ2n) is 6.43. The zero-order valence-electron chi connectivity index (χ0n) is 15.1. The number of aromatic nitrogens is 2. The highest BCUT2D eigenvalue weighted by molar-refractivity contribution is 6.02. The average Bonchev–Trinajstić information content (AvgIpc) is 2.94. The average molecular weight is 401 g/mol. The first-order valence-electron chi connectivity index (χ1n) is 8.30. The number of nitro groups is 1. The fourth-order valence-electron chi connectivity index (χ4n) is 3.50. The molecule has 2 N–H and O–H groups in total. The standard InChI is InChI=1S/C18H13F2N5O4/c1-8-15-11-4-3-9(19)6-13(11)22-24(17(15)23(2)21-8)16-12(18(26)27)5-10(20)7-14(16)25(28)29/h3-7,22H,1-2H3,(H,26,27). The van der Waals surface area contributed by atoms with Gasteiger partial charge in [0.2, 0.25) is 0 Å². The zero-order valence-corrected chi connectivity index (χ0v) is 15.1. The molecule has 0 fully saturated rings. The Morgan fingerprint density at radius 3 is 2.62 bits per heavy atom. The van der Waals surface area contributed by atoms with Gasteiger partial charge in [0.1, 0.15) is 11.6 Å². The number of carbonyl (C=O) groups is 1. The van der Waals surface area contributed by atoms with Crippen molar-refractivity contribution in [3.05, 3.63) is 63.3 Å². The molecule has 0 saturated heterocycles. The Hall–Kier alpha value is -4.02. The van der Waals surface area contributed by atoms with E-state index in [1.54, 1.807) is 14.0 Å². The molecule has 29 heavy (non-hydrogen) atoms. The Morgan fingerprint density at radius 2 is 1.97 bits per heavy atom. The molecular weight excluding hydrogens is 388 g/mol. The minimum absolute atomic E-state index is 0.253. The summed E-state index contributed by atoms with van der Waals surface area (Å²) >= 11 is 0. The number of aryl methyl sites for hydroxylation is 2. The molecule has 0 spiro atoms. The molecule has 0 atom stereocenters. The van der Waals surface area contributed by atoms with E-state index >= 15 is 0 Å². The van der Waals surface area contributed by atoms with Gasteiger partial charge in [-0.3, -0.25) is 20.2 Å². The third-order valence-electron chi connectivity index (χ3n) is 4.59. The molecule has 1 aliphatic rings. The van der Waals surface area contributed by atoms with Crippen molar-refractivity contribution in [1.82, 2.24) is 9.78 Å². The SMILES string of the molecule is Cc1nn(C)c2c1-c1ccc(F)cc1NN2c1c(C(=O)O)cc(F)cc1[N+](=O)[O-]. The van der Waals surface area contributed by atoms with Crippen molar-refractivity contribution < 1.29 is 23.6 Å². The van der Waals surface area contributed by atoms with Crippen LogP contribution in [0.25, 0.3) is 11.1 Å². The lowest BCUT2D eigenvalue weighted by molar-refractivity contribution is -0.384. The maximum Gasteiger partial charge on any atom is 0.338 e. The van der Waals surface area contributed by atoms with Crippen molar-refractivity contribution in [2.24, 2.45) is 7.05 Å². The van der Waals surface area contributed by atoms with Gasteiger partial charge in [0.25, 0.3) is 5.69 Å². The van der Waals surface area contributed by atoms with Crippen LogP contribution in [0.2, 0.25) is 0 Å². The van der Waals surface area contributed by atoms with Crippen LogP contribution < -0.4 is 10.4 Å². The maximum atomic E-state index is 13.9. The molecule has 2 aromatic carbocycles. The topological polar surface area (TPSA) is 114 Å². The van der Waals surface area contributed by atoms with Gasteiger partial charge in [0, 0.05) is 12.6 Å². The van der Waals surface area contributed by atoms with E-state index in [1.807, 2.05) is 0 Å². The van der Waals surface area contributed by atoms with Crippen LogP contribution in [0.3, 0.4) is 0 Å². The molecule has 0 bridgehead atoms. The molecule has 0 aliphatic carbocycles. The summed E-state index contributed by atoms with van der Waals surface area (Å²) in [6.45, 7) is 1.70. The van der Waals surface area contributed by atoms with Crippen molar-refractivity contribution in [2.75, 3.05) is 10.4 Å². The van der Waals surface area contributed by atoms with Gasteiger partial charge < -0.3 is 5.11 Å². The maximum absolute atomic E-state index is 13.9. The molecule has 4 rings (SSSR count). The second kappa shape index (κ2) is 6.26. The first-order valence-corrected chi connectivity index (χ1v) is 8.30. The summed E-state index contributed by atoms with van der Waals surface area (Å²) in [7, 11) is 1.57. The van der Waals surface area contributed by atoms with Crippen LogP contribution in [0.15, 0.2) is 30.3 Å². The lowest BCUT2D eigenvalue weighted by Crippen LogP contribution is -2.32. The van der Waals surface area contributed by atoms with Gasteiger partial charge in [-0.2, -0.15) is 5.10 Å². The predicted molar refractivity (Wildman–Crippen MR) is 99.1 cm³/mol. The molecule has 0 unspecified atom stereocenters. The Morgan fingerprint density at radius 1 is 1.24 bits per heavy atom. The smallest absolute Gasteiger partial charge is 0.338 e. The number of benzene rings is 2. The summed E-state index contributed by atoms with van der Waals surface area (Å²) in [5.41, 5.74) is 2.95. The number of carboxylic acids is 1. The number of hydrazine groups is 1. The van der Waals surface area contributed by atoms with Crippen molar-refractivity contribution in [3.63, 3.8) is 0 Å². The minimum atomic E-state index is -1.56.